The number of ether oxygens (including phenoxy) is 7. The van der Waals surface area contributed by atoms with E-state index in [0.717, 1.165) is 0 Å². The van der Waals surface area contributed by atoms with Crippen LogP contribution in [0.1, 0.15) is 28.4 Å². The Balaban J connectivity index is 2.15. The van der Waals surface area contributed by atoms with E-state index in [2.05, 4.69) is 0 Å². The number of ketones is 1. The van der Waals surface area contributed by atoms with Crippen molar-refractivity contribution in [1.82, 2.24) is 0 Å². The van der Waals surface area contributed by atoms with Crippen molar-refractivity contribution in [2.75, 3.05) is 42.7 Å². The van der Waals surface area contributed by atoms with Gasteiger partial charge in [-0.15, -0.1) is 0 Å². The molecule has 0 radical (unpaired) electrons. The highest BCUT2D eigenvalue weighted by molar-refractivity contribution is 6.03. The van der Waals surface area contributed by atoms with Crippen LogP contribution in [0.2, 0.25) is 0 Å². The predicted molar refractivity (Wildman–Crippen MR) is 105 cm³/mol. The van der Waals surface area contributed by atoms with Crippen LogP contribution in [0, 0.1) is 0 Å². The zero-order valence-electron chi connectivity index (χ0n) is 17.3. The summed E-state index contributed by atoms with van der Waals surface area (Å²) in [4.78, 5) is 13.0. The summed E-state index contributed by atoms with van der Waals surface area (Å²) in [7, 11) is 9.07. The van der Waals surface area contributed by atoms with Crippen molar-refractivity contribution in [2.24, 2.45) is 0 Å². The summed E-state index contributed by atoms with van der Waals surface area (Å²) < 4.78 is 38.7. The first-order valence-electron chi connectivity index (χ1n) is 8.85. The Hall–Kier alpha value is -3.29. The van der Waals surface area contributed by atoms with Gasteiger partial charge in [-0.3, -0.25) is 4.79 Å². The molecule has 1 unspecified atom stereocenters. The topological polar surface area (TPSA) is 81.7 Å². The van der Waals surface area contributed by atoms with E-state index < -0.39 is 6.10 Å². The molecule has 3 rings (SSSR count). The molecule has 2 aromatic rings. The van der Waals surface area contributed by atoms with Crippen molar-refractivity contribution in [3.8, 4) is 40.2 Å². The average Bonchev–Trinajstić information content (AvgIpc) is 2.75. The minimum absolute atomic E-state index is 0.0880. The van der Waals surface area contributed by atoms with Gasteiger partial charge in [0.25, 0.3) is 0 Å². The maximum absolute atomic E-state index is 13.0. The van der Waals surface area contributed by atoms with Crippen molar-refractivity contribution >= 4 is 5.78 Å². The lowest BCUT2D eigenvalue weighted by molar-refractivity contribution is 0.0839. The molecular weight excluding hydrogens is 380 g/mol. The molecule has 156 valence electrons. The summed E-state index contributed by atoms with van der Waals surface area (Å²) in [6, 6.07) is 5.04. The number of benzene rings is 2. The van der Waals surface area contributed by atoms with Gasteiger partial charge in [-0.05, 0) is 6.07 Å². The highest BCUT2D eigenvalue weighted by atomic mass is 16.5. The third kappa shape index (κ3) is 3.46. The van der Waals surface area contributed by atoms with Gasteiger partial charge in [0.05, 0.1) is 49.1 Å². The maximum Gasteiger partial charge on any atom is 0.207 e. The van der Waals surface area contributed by atoms with E-state index in [4.69, 9.17) is 33.2 Å². The standard InChI is InChI=1S/C21H24O8/c1-23-11-7-15(24-2)18-13(22)10-14(29-16(18)8-11)12-9-17(25-3)20(27-5)21(28-6)19(12)26-4/h7-9,14H,10H2,1-6H3. The molecule has 0 aromatic heterocycles. The Morgan fingerprint density at radius 1 is 0.759 bits per heavy atom. The number of Topliss-reactive ketones (excluding diaryl/α,β-unsaturated/α-hetero) is 1. The van der Waals surface area contributed by atoms with E-state index in [-0.39, 0.29) is 12.2 Å². The Morgan fingerprint density at radius 2 is 1.41 bits per heavy atom. The summed E-state index contributed by atoms with van der Waals surface area (Å²) in [5, 5.41) is 0. The second kappa shape index (κ2) is 8.38. The van der Waals surface area contributed by atoms with Gasteiger partial charge in [0.15, 0.2) is 17.3 Å². The van der Waals surface area contributed by atoms with Crippen molar-refractivity contribution in [3.63, 3.8) is 0 Å². The van der Waals surface area contributed by atoms with E-state index in [1.54, 1.807) is 18.2 Å². The quantitative estimate of drug-likeness (QED) is 0.694. The first kappa shape index (κ1) is 20.4. The highest BCUT2D eigenvalue weighted by Gasteiger charge is 2.35. The van der Waals surface area contributed by atoms with Gasteiger partial charge in [0.2, 0.25) is 11.5 Å². The smallest absolute Gasteiger partial charge is 0.207 e. The number of carbonyl (C=O) groups excluding carboxylic acids is 1. The molecule has 0 spiro atoms. The number of hydrogen-bond acceptors (Lipinski definition) is 8. The Bertz CT molecular complexity index is 922. The molecule has 0 saturated carbocycles. The van der Waals surface area contributed by atoms with E-state index in [1.165, 1.54) is 42.7 Å². The molecule has 8 nitrogen and oxygen atoms in total. The van der Waals surface area contributed by atoms with Crippen LogP contribution in [0.15, 0.2) is 18.2 Å². The summed E-state index contributed by atoms with van der Waals surface area (Å²) in [6.45, 7) is 0. The van der Waals surface area contributed by atoms with E-state index in [9.17, 15) is 4.79 Å². The van der Waals surface area contributed by atoms with Gasteiger partial charge in [-0.25, -0.2) is 0 Å². The fourth-order valence-corrected chi connectivity index (χ4v) is 3.45. The minimum Gasteiger partial charge on any atom is -0.496 e. The molecule has 0 saturated heterocycles. The Morgan fingerprint density at radius 3 is 1.97 bits per heavy atom. The Labute approximate surface area is 169 Å². The second-order valence-electron chi connectivity index (χ2n) is 6.20. The Kier molecular flexibility index (Phi) is 5.91. The molecule has 1 atom stereocenters. The lowest BCUT2D eigenvalue weighted by atomic mass is 9.94. The molecule has 0 N–H and O–H groups in total. The van der Waals surface area contributed by atoms with Crippen molar-refractivity contribution < 1.29 is 38.0 Å². The first-order chi connectivity index (χ1) is 14.0. The molecule has 0 bridgehead atoms. The number of carbonyl (C=O) groups is 1. The van der Waals surface area contributed by atoms with E-state index in [1.807, 2.05) is 0 Å². The summed E-state index contributed by atoms with van der Waals surface area (Å²) in [5.41, 5.74) is 0.985. The third-order valence-electron chi connectivity index (χ3n) is 4.78. The van der Waals surface area contributed by atoms with E-state index >= 15 is 0 Å². The van der Waals surface area contributed by atoms with Gasteiger partial charge < -0.3 is 33.2 Å². The molecule has 0 aliphatic carbocycles. The first-order valence-corrected chi connectivity index (χ1v) is 8.85. The van der Waals surface area contributed by atoms with Crippen LogP contribution < -0.4 is 33.2 Å². The van der Waals surface area contributed by atoms with Crippen LogP contribution in [0.5, 0.6) is 40.2 Å². The minimum atomic E-state index is -0.629. The van der Waals surface area contributed by atoms with Gasteiger partial charge in [0.1, 0.15) is 28.9 Å². The van der Waals surface area contributed by atoms with Crippen LogP contribution >= 0.6 is 0 Å². The monoisotopic (exact) mass is 404 g/mol. The van der Waals surface area contributed by atoms with Gasteiger partial charge >= 0.3 is 0 Å². The number of methoxy groups -OCH3 is 6. The molecule has 0 fully saturated rings. The van der Waals surface area contributed by atoms with Gasteiger partial charge in [-0.1, -0.05) is 0 Å². The molecule has 1 heterocycles. The van der Waals surface area contributed by atoms with Gasteiger partial charge in [-0.2, -0.15) is 0 Å². The number of hydrogen-bond donors (Lipinski definition) is 0. The lowest BCUT2D eigenvalue weighted by Crippen LogP contribution is -2.22. The summed E-state index contributed by atoms with van der Waals surface area (Å²) in [6.07, 6.45) is -0.541. The second-order valence-corrected chi connectivity index (χ2v) is 6.20. The highest BCUT2D eigenvalue weighted by Crippen LogP contribution is 2.51. The zero-order valence-corrected chi connectivity index (χ0v) is 17.3. The van der Waals surface area contributed by atoms with Crippen LogP contribution in [0.4, 0.5) is 0 Å². The number of fused-ring (bicyclic) bond motifs is 1. The number of rotatable bonds is 7. The largest absolute Gasteiger partial charge is 0.496 e. The van der Waals surface area contributed by atoms with E-state index in [0.29, 0.717) is 51.4 Å². The fraction of sp³-hybridized carbons (Fsp3) is 0.381. The predicted octanol–water partition coefficient (Wildman–Crippen LogP) is 3.44. The maximum atomic E-state index is 13.0. The molecule has 0 amide bonds. The van der Waals surface area contributed by atoms with Crippen LogP contribution in [-0.2, 0) is 0 Å². The van der Waals surface area contributed by atoms with Crippen molar-refractivity contribution in [1.29, 1.82) is 0 Å². The van der Waals surface area contributed by atoms with Gasteiger partial charge in [0, 0.05) is 17.7 Å². The SMILES string of the molecule is COc1cc(OC)c2c(c1)OC(c1cc(OC)c(OC)c(OC)c1OC)CC2=O. The molecule has 1 aliphatic rings. The normalized spacial score (nSPS) is 15.1. The molecule has 2 aromatic carbocycles. The molecule has 8 heteroatoms. The van der Waals surface area contributed by atoms with Crippen molar-refractivity contribution in [2.45, 2.75) is 12.5 Å². The lowest BCUT2D eigenvalue weighted by Gasteiger charge is -2.29. The fourth-order valence-electron chi connectivity index (χ4n) is 3.45. The van der Waals surface area contributed by atoms with Crippen LogP contribution in [0.3, 0.4) is 0 Å². The zero-order chi connectivity index (χ0) is 21.1. The summed E-state index contributed by atoms with van der Waals surface area (Å²) >= 11 is 0. The summed E-state index contributed by atoms with van der Waals surface area (Å²) in [5.74, 6) is 2.76. The van der Waals surface area contributed by atoms with Crippen LogP contribution in [0.25, 0.3) is 0 Å². The van der Waals surface area contributed by atoms with Crippen molar-refractivity contribution in [3.05, 3.63) is 29.3 Å². The van der Waals surface area contributed by atoms with Crippen LogP contribution in [-0.4, -0.2) is 48.4 Å². The molecule has 1 aliphatic heterocycles. The molecule has 29 heavy (non-hydrogen) atoms. The molecular formula is C21H24O8. The third-order valence-corrected chi connectivity index (χ3v) is 4.78. The average molecular weight is 404 g/mol.